The van der Waals surface area contributed by atoms with E-state index in [0.717, 1.165) is 29.4 Å². The van der Waals surface area contributed by atoms with Gasteiger partial charge in [0.2, 0.25) is 5.82 Å². The highest BCUT2D eigenvalue weighted by atomic mass is 16.5. The Bertz CT molecular complexity index is 1120. The predicted octanol–water partition coefficient (Wildman–Crippen LogP) is 4.37. The molecule has 7 nitrogen and oxygen atoms in total. The summed E-state index contributed by atoms with van der Waals surface area (Å²) in [5.74, 6) is 2.76. The van der Waals surface area contributed by atoms with Crippen LogP contribution in [0.15, 0.2) is 53.4 Å². The fourth-order valence-corrected chi connectivity index (χ4v) is 3.12. The zero-order valence-electron chi connectivity index (χ0n) is 15.0. The third-order valence-corrected chi connectivity index (χ3v) is 4.84. The highest BCUT2D eigenvalue weighted by molar-refractivity contribution is 5.73. The molecule has 1 fully saturated rings. The van der Waals surface area contributed by atoms with Crippen molar-refractivity contribution in [2.75, 3.05) is 17.2 Å². The van der Waals surface area contributed by atoms with Gasteiger partial charge in [0, 0.05) is 17.7 Å². The van der Waals surface area contributed by atoms with E-state index in [9.17, 15) is 5.26 Å². The molecule has 1 aromatic heterocycles. The summed E-state index contributed by atoms with van der Waals surface area (Å²) < 4.78 is 10.9. The molecule has 0 saturated heterocycles. The number of aromatic nitrogens is 2. The molecule has 138 valence electrons. The molecule has 0 spiro atoms. The van der Waals surface area contributed by atoms with Gasteiger partial charge in [-0.05, 0) is 61.7 Å². The summed E-state index contributed by atoms with van der Waals surface area (Å²) in [5, 5.41) is 20.0. The van der Waals surface area contributed by atoms with Crippen LogP contribution in [0.3, 0.4) is 0 Å². The van der Waals surface area contributed by atoms with Gasteiger partial charge in [-0.1, -0.05) is 5.16 Å². The smallest absolute Gasteiger partial charge is 0.258 e. The van der Waals surface area contributed by atoms with Gasteiger partial charge in [0.1, 0.15) is 6.07 Å². The molecule has 1 saturated carbocycles. The van der Waals surface area contributed by atoms with Gasteiger partial charge >= 0.3 is 0 Å². The van der Waals surface area contributed by atoms with Crippen molar-refractivity contribution in [2.45, 2.75) is 12.8 Å². The van der Waals surface area contributed by atoms with Gasteiger partial charge in [-0.2, -0.15) is 10.2 Å². The molecule has 0 bridgehead atoms. The van der Waals surface area contributed by atoms with Gasteiger partial charge in [0.25, 0.3) is 5.89 Å². The van der Waals surface area contributed by atoms with E-state index in [2.05, 4.69) is 33.4 Å². The van der Waals surface area contributed by atoms with Gasteiger partial charge in [0.15, 0.2) is 11.6 Å². The predicted molar refractivity (Wildman–Crippen MR) is 104 cm³/mol. The normalized spacial score (nSPS) is 14.8. The maximum atomic E-state index is 9.48. The minimum Gasteiger partial charge on any atom is -0.440 e. The monoisotopic (exact) mass is 371 g/mol. The number of hydrogen-bond acceptors (Lipinski definition) is 7. The third-order valence-electron chi connectivity index (χ3n) is 4.84. The number of nitriles is 1. The Morgan fingerprint density at radius 3 is 2.89 bits per heavy atom. The second kappa shape index (κ2) is 6.43. The van der Waals surface area contributed by atoms with Gasteiger partial charge in [-0.15, -0.1) is 0 Å². The highest BCUT2D eigenvalue weighted by Gasteiger charge is 2.21. The molecule has 2 aliphatic rings. The largest absolute Gasteiger partial charge is 0.440 e. The van der Waals surface area contributed by atoms with Crippen molar-refractivity contribution in [1.29, 1.82) is 5.26 Å². The molecule has 2 aromatic carbocycles. The summed E-state index contributed by atoms with van der Waals surface area (Å²) in [6.07, 6.45) is 2.52. The van der Waals surface area contributed by atoms with Crippen LogP contribution in [0.4, 0.5) is 11.4 Å². The number of fused-ring (bicyclic) bond motifs is 1. The molecule has 0 atom stereocenters. The maximum absolute atomic E-state index is 9.48. The molecular weight excluding hydrogens is 354 g/mol. The average Bonchev–Trinajstić information content (AvgIpc) is 3.26. The van der Waals surface area contributed by atoms with Crippen molar-refractivity contribution >= 4 is 11.4 Å². The lowest BCUT2D eigenvalue weighted by molar-refractivity contribution is 0.432. The summed E-state index contributed by atoms with van der Waals surface area (Å²) in [5.41, 5.74) is 3.72. The highest BCUT2D eigenvalue weighted by Crippen LogP contribution is 2.36. The lowest BCUT2D eigenvalue weighted by Gasteiger charge is -2.07. The van der Waals surface area contributed by atoms with E-state index < -0.39 is 0 Å². The van der Waals surface area contributed by atoms with E-state index >= 15 is 0 Å². The van der Waals surface area contributed by atoms with E-state index in [4.69, 9.17) is 9.26 Å². The molecule has 28 heavy (non-hydrogen) atoms. The first-order valence-corrected chi connectivity index (χ1v) is 9.10. The lowest BCUT2D eigenvalue weighted by atomic mass is 10.1. The number of nitrogens with zero attached hydrogens (tertiary/aromatic N) is 3. The topological polar surface area (TPSA) is 96.0 Å². The number of rotatable bonds is 5. The van der Waals surface area contributed by atoms with Crippen molar-refractivity contribution in [3.05, 3.63) is 54.4 Å². The lowest BCUT2D eigenvalue weighted by Crippen LogP contribution is -2.04. The molecule has 2 heterocycles. The molecule has 0 radical (unpaired) electrons. The Balaban J connectivity index is 1.41. The van der Waals surface area contributed by atoms with Crippen LogP contribution in [-0.2, 0) is 0 Å². The second-order valence-electron chi connectivity index (χ2n) is 6.98. The number of nitrogens with one attached hydrogen (secondary N) is 2. The molecule has 1 aliphatic carbocycles. The van der Waals surface area contributed by atoms with Gasteiger partial charge < -0.3 is 19.9 Å². The second-order valence-corrected chi connectivity index (χ2v) is 6.98. The molecule has 5 rings (SSSR count). The minimum absolute atomic E-state index is 0.370. The molecule has 2 N–H and O–H groups in total. The quantitative estimate of drug-likeness (QED) is 0.687. The molecule has 7 heteroatoms. The summed E-state index contributed by atoms with van der Waals surface area (Å²) in [6, 6.07) is 13.4. The van der Waals surface area contributed by atoms with Gasteiger partial charge in [-0.25, -0.2) is 0 Å². The Kier molecular flexibility index (Phi) is 3.76. The zero-order valence-corrected chi connectivity index (χ0v) is 15.0. The Morgan fingerprint density at radius 1 is 1.21 bits per heavy atom. The number of anilines is 2. The third kappa shape index (κ3) is 3.05. The van der Waals surface area contributed by atoms with Crippen LogP contribution in [0.1, 0.15) is 18.4 Å². The first-order valence-electron chi connectivity index (χ1n) is 9.10. The van der Waals surface area contributed by atoms with Crippen LogP contribution < -0.4 is 15.4 Å². The molecule has 0 unspecified atom stereocenters. The summed E-state index contributed by atoms with van der Waals surface area (Å²) >= 11 is 0. The van der Waals surface area contributed by atoms with E-state index in [1.807, 2.05) is 30.3 Å². The SMILES string of the molecule is C=C1Nc2cc(-c3noc(-c4ccc(NCC5CC5)c(C#N)c4)n3)ccc2O1. The molecule has 0 amide bonds. The Hall–Kier alpha value is -3.79. The average molecular weight is 371 g/mol. The minimum atomic E-state index is 0.370. The van der Waals surface area contributed by atoms with Crippen molar-refractivity contribution in [1.82, 2.24) is 10.1 Å². The van der Waals surface area contributed by atoms with Crippen LogP contribution in [0.2, 0.25) is 0 Å². The van der Waals surface area contributed by atoms with Crippen LogP contribution in [0.5, 0.6) is 5.75 Å². The van der Waals surface area contributed by atoms with E-state index in [1.165, 1.54) is 12.8 Å². The summed E-state index contributed by atoms with van der Waals surface area (Å²) in [6.45, 7) is 4.65. The van der Waals surface area contributed by atoms with E-state index in [1.54, 1.807) is 6.07 Å². The zero-order chi connectivity index (χ0) is 19.1. The number of ether oxygens (including phenoxy) is 1. The summed E-state index contributed by atoms with van der Waals surface area (Å²) in [7, 11) is 0. The first kappa shape index (κ1) is 16.4. The number of benzene rings is 2. The maximum Gasteiger partial charge on any atom is 0.258 e. The molecule has 3 aromatic rings. The molecule has 1 aliphatic heterocycles. The molecular formula is C21H17N5O2. The van der Waals surface area contributed by atoms with Gasteiger partial charge in [-0.3, -0.25) is 0 Å². The van der Waals surface area contributed by atoms with Crippen LogP contribution in [0, 0.1) is 17.2 Å². The first-order chi connectivity index (χ1) is 13.7. The van der Waals surface area contributed by atoms with Crippen molar-refractivity contribution in [3.63, 3.8) is 0 Å². The van der Waals surface area contributed by atoms with E-state index in [0.29, 0.717) is 34.5 Å². The number of hydrogen-bond donors (Lipinski definition) is 2. The van der Waals surface area contributed by atoms with Crippen molar-refractivity contribution in [3.8, 4) is 34.7 Å². The fraction of sp³-hybridized carbons (Fsp3) is 0.190. The van der Waals surface area contributed by atoms with Crippen LogP contribution >= 0.6 is 0 Å². The Labute approximate surface area is 161 Å². The van der Waals surface area contributed by atoms with E-state index in [-0.39, 0.29) is 0 Å². The van der Waals surface area contributed by atoms with Crippen LogP contribution in [0.25, 0.3) is 22.8 Å². The van der Waals surface area contributed by atoms with Crippen LogP contribution in [-0.4, -0.2) is 16.7 Å². The van der Waals surface area contributed by atoms with Crippen molar-refractivity contribution in [2.24, 2.45) is 5.92 Å². The van der Waals surface area contributed by atoms with Crippen molar-refractivity contribution < 1.29 is 9.26 Å². The Morgan fingerprint density at radius 2 is 2.07 bits per heavy atom. The van der Waals surface area contributed by atoms with Gasteiger partial charge in [0.05, 0.1) is 16.9 Å². The summed E-state index contributed by atoms with van der Waals surface area (Å²) in [4.78, 5) is 4.49. The standard InChI is InChI=1S/C21H17N5O2/c1-12-24-18-9-14(5-7-19(18)27-12)20-25-21(28-26-20)15-4-6-17(16(8-15)10-22)23-11-13-2-3-13/h4-9,13,23-24H,1-3,11H2. The fourth-order valence-electron chi connectivity index (χ4n) is 3.12.